The zero-order valence-electron chi connectivity index (χ0n) is 19.3. The summed E-state index contributed by atoms with van der Waals surface area (Å²) in [4.78, 5) is 19.0. The van der Waals surface area contributed by atoms with Gasteiger partial charge < -0.3 is 9.64 Å². The molecule has 0 spiro atoms. The lowest BCUT2D eigenvalue weighted by Crippen LogP contribution is -2.54. The second-order valence-corrected chi connectivity index (χ2v) is 9.36. The third-order valence-corrected chi connectivity index (χ3v) is 7.05. The molecular formula is C27H36N2O2. The molecule has 0 saturated carbocycles. The predicted molar refractivity (Wildman–Crippen MR) is 125 cm³/mol. The summed E-state index contributed by atoms with van der Waals surface area (Å²) in [7, 11) is 0. The van der Waals surface area contributed by atoms with E-state index in [4.69, 9.17) is 4.74 Å². The minimum absolute atomic E-state index is 0.127. The van der Waals surface area contributed by atoms with E-state index in [9.17, 15) is 4.79 Å². The van der Waals surface area contributed by atoms with Gasteiger partial charge in [-0.25, -0.2) is 0 Å². The molecule has 166 valence electrons. The number of likely N-dealkylation sites (tertiary alicyclic amines) is 1. The first-order valence-electron chi connectivity index (χ1n) is 11.8. The average molecular weight is 421 g/mol. The molecule has 4 nitrogen and oxygen atoms in total. The van der Waals surface area contributed by atoms with E-state index in [-0.39, 0.29) is 11.8 Å². The lowest BCUT2D eigenvalue weighted by atomic mass is 9.64. The molecule has 31 heavy (non-hydrogen) atoms. The molecule has 2 aromatic carbocycles. The Morgan fingerprint density at radius 3 is 2.00 bits per heavy atom. The van der Waals surface area contributed by atoms with Gasteiger partial charge in [0.25, 0.3) is 0 Å². The van der Waals surface area contributed by atoms with Gasteiger partial charge in [0, 0.05) is 32.7 Å². The normalized spacial score (nSPS) is 18.9. The fourth-order valence-corrected chi connectivity index (χ4v) is 5.45. The number of carbonyl (C=O) groups excluding carboxylic acids is 1. The van der Waals surface area contributed by atoms with Crippen molar-refractivity contribution in [2.75, 3.05) is 45.9 Å². The summed E-state index contributed by atoms with van der Waals surface area (Å²) in [6.07, 6.45) is 2.20. The Labute approximate surface area is 187 Å². The van der Waals surface area contributed by atoms with E-state index in [0.717, 1.165) is 69.9 Å². The maximum absolute atomic E-state index is 14.5. The Balaban J connectivity index is 1.87. The SMILES string of the molecule is Cc1cccc(C(C(=O)N2CCCC2)(c2cccc(C)c2)[C@@H](C)CN2CCOCC2)c1. The Morgan fingerprint density at radius 2 is 1.48 bits per heavy atom. The molecule has 0 bridgehead atoms. The van der Waals surface area contributed by atoms with Crippen molar-refractivity contribution < 1.29 is 9.53 Å². The van der Waals surface area contributed by atoms with Crippen LogP contribution in [0.5, 0.6) is 0 Å². The molecule has 0 aliphatic carbocycles. The first-order valence-corrected chi connectivity index (χ1v) is 11.8. The lowest BCUT2D eigenvalue weighted by Gasteiger charge is -2.44. The van der Waals surface area contributed by atoms with Crippen LogP contribution < -0.4 is 0 Å². The van der Waals surface area contributed by atoms with E-state index >= 15 is 0 Å². The highest BCUT2D eigenvalue weighted by Crippen LogP contribution is 2.43. The molecule has 4 heteroatoms. The fourth-order valence-electron chi connectivity index (χ4n) is 5.45. The number of amides is 1. The number of rotatable bonds is 6. The van der Waals surface area contributed by atoms with Crippen LogP contribution in [-0.2, 0) is 14.9 Å². The lowest BCUT2D eigenvalue weighted by molar-refractivity contribution is -0.137. The Morgan fingerprint density at radius 1 is 0.935 bits per heavy atom. The molecule has 4 rings (SSSR count). The van der Waals surface area contributed by atoms with Crippen molar-refractivity contribution in [2.45, 2.75) is 39.0 Å². The molecular weight excluding hydrogens is 384 g/mol. The highest BCUT2D eigenvalue weighted by atomic mass is 16.5. The van der Waals surface area contributed by atoms with Crippen molar-refractivity contribution in [2.24, 2.45) is 5.92 Å². The van der Waals surface area contributed by atoms with Crippen LogP contribution >= 0.6 is 0 Å². The molecule has 2 aliphatic heterocycles. The summed E-state index contributed by atoms with van der Waals surface area (Å²) in [5, 5.41) is 0. The van der Waals surface area contributed by atoms with E-state index in [1.54, 1.807) is 0 Å². The number of hydrogen-bond donors (Lipinski definition) is 0. The summed E-state index contributed by atoms with van der Waals surface area (Å²) in [6.45, 7) is 12.5. The zero-order chi connectivity index (χ0) is 21.8. The van der Waals surface area contributed by atoms with Crippen LogP contribution in [0.1, 0.15) is 42.0 Å². The fraction of sp³-hybridized carbons (Fsp3) is 0.519. The van der Waals surface area contributed by atoms with Crippen molar-refractivity contribution in [1.29, 1.82) is 0 Å². The molecule has 2 fully saturated rings. The number of benzene rings is 2. The summed E-state index contributed by atoms with van der Waals surface area (Å²) in [5.74, 6) is 0.393. The summed E-state index contributed by atoms with van der Waals surface area (Å²) in [5.41, 5.74) is 3.94. The quantitative estimate of drug-likeness (QED) is 0.703. The van der Waals surface area contributed by atoms with E-state index in [2.05, 4.69) is 79.1 Å². The van der Waals surface area contributed by atoms with Crippen molar-refractivity contribution in [3.05, 3.63) is 70.8 Å². The highest BCUT2D eigenvalue weighted by molar-refractivity contribution is 5.93. The second-order valence-electron chi connectivity index (χ2n) is 9.36. The van der Waals surface area contributed by atoms with Gasteiger partial charge in [-0.2, -0.15) is 0 Å². The maximum Gasteiger partial charge on any atom is 0.238 e. The van der Waals surface area contributed by atoms with Crippen LogP contribution in [0.25, 0.3) is 0 Å². The van der Waals surface area contributed by atoms with Gasteiger partial charge in [-0.05, 0) is 43.7 Å². The molecule has 1 atom stereocenters. The van der Waals surface area contributed by atoms with Crippen LogP contribution in [0.2, 0.25) is 0 Å². The van der Waals surface area contributed by atoms with Crippen LogP contribution in [0.3, 0.4) is 0 Å². The standard InChI is InChI=1S/C27H36N2O2/c1-21-8-6-10-24(18-21)27(25-11-7-9-22(2)19-25,26(30)29-12-4-5-13-29)23(3)20-28-14-16-31-17-15-28/h6-11,18-19,23H,4-5,12-17,20H2,1-3H3/t23-/m0/s1. The highest BCUT2D eigenvalue weighted by Gasteiger charge is 2.49. The van der Waals surface area contributed by atoms with Crippen LogP contribution in [0.4, 0.5) is 0 Å². The number of nitrogens with zero attached hydrogens (tertiary/aromatic N) is 2. The van der Waals surface area contributed by atoms with Gasteiger partial charge in [0.2, 0.25) is 5.91 Å². The van der Waals surface area contributed by atoms with Gasteiger partial charge in [-0.1, -0.05) is 66.6 Å². The Bertz CT molecular complexity index is 852. The first-order chi connectivity index (χ1) is 15.0. The Hall–Kier alpha value is -2.17. The summed E-state index contributed by atoms with van der Waals surface area (Å²) < 4.78 is 5.58. The van der Waals surface area contributed by atoms with Gasteiger partial charge in [0.1, 0.15) is 5.41 Å². The molecule has 2 heterocycles. The maximum atomic E-state index is 14.5. The summed E-state index contributed by atoms with van der Waals surface area (Å²) >= 11 is 0. The van der Waals surface area contributed by atoms with E-state index in [1.165, 1.54) is 11.1 Å². The second kappa shape index (κ2) is 9.54. The van der Waals surface area contributed by atoms with Gasteiger partial charge in [0.05, 0.1) is 13.2 Å². The van der Waals surface area contributed by atoms with Crippen molar-refractivity contribution in [1.82, 2.24) is 9.80 Å². The van der Waals surface area contributed by atoms with Crippen molar-refractivity contribution >= 4 is 5.91 Å². The van der Waals surface area contributed by atoms with E-state index in [0.29, 0.717) is 0 Å². The largest absolute Gasteiger partial charge is 0.379 e. The molecule has 2 saturated heterocycles. The van der Waals surface area contributed by atoms with E-state index in [1.807, 2.05) is 0 Å². The summed E-state index contributed by atoms with van der Waals surface area (Å²) in [6, 6.07) is 17.2. The van der Waals surface area contributed by atoms with Gasteiger partial charge in [0.15, 0.2) is 0 Å². The Kier molecular flexibility index (Phi) is 6.78. The van der Waals surface area contributed by atoms with Crippen LogP contribution in [0.15, 0.2) is 48.5 Å². The topological polar surface area (TPSA) is 32.8 Å². The number of hydrogen-bond acceptors (Lipinski definition) is 3. The molecule has 0 unspecified atom stereocenters. The smallest absolute Gasteiger partial charge is 0.238 e. The molecule has 0 radical (unpaired) electrons. The monoisotopic (exact) mass is 420 g/mol. The van der Waals surface area contributed by atoms with Gasteiger partial charge in [-0.15, -0.1) is 0 Å². The minimum atomic E-state index is -0.694. The molecule has 0 aromatic heterocycles. The van der Waals surface area contributed by atoms with Gasteiger partial charge in [-0.3, -0.25) is 9.69 Å². The third-order valence-electron chi connectivity index (χ3n) is 7.05. The predicted octanol–water partition coefficient (Wildman–Crippen LogP) is 4.18. The average Bonchev–Trinajstić information content (AvgIpc) is 3.30. The molecule has 2 aliphatic rings. The number of morpholine rings is 1. The van der Waals surface area contributed by atoms with Crippen LogP contribution in [-0.4, -0.2) is 61.6 Å². The zero-order valence-corrected chi connectivity index (χ0v) is 19.3. The van der Waals surface area contributed by atoms with Gasteiger partial charge >= 0.3 is 0 Å². The van der Waals surface area contributed by atoms with Crippen molar-refractivity contribution in [3.8, 4) is 0 Å². The van der Waals surface area contributed by atoms with Crippen molar-refractivity contribution in [3.63, 3.8) is 0 Å². The third kappa shape index (κ3) is 4.42. The minimum Gasteiger partial charge on any atom is -0.379 e. The van der Waals surface area contributed by atoms with E-state index < -0.39 is 5.41 Å². The first kappa shape index (κ1) is 22.0. The number of aryl methyl sites for hydroxylation is 2. The number of ether oxygens (including phenoxy) is 1. The molecule has 0 N–H and O–H groups in total. The molecule has 1 amide bonds. The van der Waals surface area contributed by atoms with Crippen LogP contribution in [0, 0.1) is 19.8 Å². The molecule has 2 aromatic rings. The number of carbonyl (C=O) groups is 1.